The fourth-order valence-electron chi connectivity index (χ4n) is 6.64. The molecule has 7 aromatic carbocycles. The summed E-state index contributed by atoms with van der Waals surface area (Å²) >= 11 is 0. The molecule has 0 saturated carbocycles. The molecule has 50 heavy (non-hydrogen) atoms. The van der Waals surface area contributed by atoms with E-state index in [1.165, 1.54) is 0 Å². The summed E-state index contributed by atoms with van der Waals surface area (Å²) in [7, 11) is 0. The highest BCUT2D eigenvalue weighted by Gasteiger charge is 2.26. The number of nitrogens with one attached hydrogen (secondary N) is 1. The lowest BCUT2D eigenvalue weighted by Gasteiger charge is -2.25. The number of amidine groups is 2. The molecule has 9 rings (SSSR count). The molecule has 1 aromatic heterocycles. The second kappa shape index (κ2) is 12.7. The first-order valence-corrected chi connectivity index (χ1v) is 16.6. The summed E-state index contributed by atoms with van der Waals surface area (Å²) in [4.78, 5) is 25.7. The van der Waals surface area contributed by atoms with Gasteiger partial charge in [-0.1, -0.05) is 170 Å². The monoisotopic (exact) mass is 642 g/mol. The molecular weight excluding hydrogens is 613 g/mol. The summed E-state index contributed by atoms with van der Waals surface area (Å²) in [5, 5.41) is 7.77. The smallest absolute Gasteiger partial charge is 0.169 e. The first-order valence-electron chi connectivity index (χ1n) is 16.6. The van der Waals surface area contributed by atoms with E-state index in [1.54, 1.807) is 0 Å². The maximum Gasteiger partial charge on any atom is 0.169 e. The zero-order chi connectivity index (χ0) is 33.3. The van der Waals surface area contributed by atoms with E-state index in [0.717, 1.165) is 66.6 Å². The van der Waals surface area contributed by atoms with Crippen LogP contribution in [0.3, 0.4) is 0 Å². The maximum atomic E-state index is 5.29. The van der Waals surface area contributed by atoms with E-state index < -0.39 is 6.17 Å². The van der Waals surface area contributed by atoms with Crippen molar-refractivity contribution in [1.82, 2.24) is 20.3 Å². The average Bonchev–Trinajstić information content (AvgIpc) is 3.21. The lowest BCUT2D eigenvalue weighted by molar-refractivity contribution is 0.756. The Labute approximate surface area is 289 Å². The SMILES string of the molecule is c1ccc(C2=NC(c3ccccc3)N=C(c3c4ccccc4c(-c4nc(-c5ccccc5)nc(-c5ccccc5)n4)c4ccccc34)N2)cc1. The highest BCUT2D eigenvalue weighted by atomic mass is 15.2. The molecule has 1 aliphatic rings. The van der Waals surface area contributed by atoms with E-state index in [4.69, 9.17) is 24.9 Å². The second-order valence-corrected chi connectivity index (χ2v) is 12.1. The molecule has 1 atom stereocenters. The molecule has 1 aliphatic heterocycles. The molecule has 8 aromatic rings. The Kier molecular flexibility index (Phi) is 7.44. The number of hydrogen-bond acceptors (Lipinski definition) is 6. The molecule has 0 aliphatic carbocycles. The number of hydrogen-bond donors (Lipinski definition) is 1. The molecule has 1 unspecified atom stereocenters. The Morgan fingerprint density at radius 1 is 0.340 bits per heavy atom. The lowest BCUT2D eigenvalue weighted by atomic mass is 9.90. The molecule has 0 radical (unpaired) electrons. The van der Waals surface area contributed by atoms with Crippen molar-refractivity contribution in [3.05, 3.63) is 187 Å². The van der Waals surface area contributed by atoms with Gasteiger partial charge in [-0.15, -0.1) is 0 Å². The van der Waals surface area contributed by atoms with Gasteiger partial charge in [-0.2, -0.15) is 0 Å². The number of nitrogens with zero attached hydrogens (tertiary/aromatic N) is 5. The minimum absolute atomic E-state index is 0.412. The third kappa shape index (κ3) is 5.39. The zero-order valence-electron chi connectivity index (χ0n) is 27.0. The number of rotatable bonds is 6. The largest absolute Gasteiger partial charge is 0.324 e. The van der Waals surface area contributed by atoms with Crippen molar-refractivity contribution >= 4 is 33.2 Å². The van der Waals surface area contributed by atoms with Gasteiger partial charge in [0, 0.05) is 27.8 Å². The minimum Gasteiger partial charge on any atom is -0.324 e. The van der Waals surface area contributed by atoms with Gasteiger partial charge in [0.25, 0.3) is 0 Å². The van der Waals surface area contributed by atoms with E-state index in [0.29, 0.717) is 17.5 Å². The van der Waals surface area contributed by atoms with E-state index in [9.17, 15) is 0 Å². The predicted octanol–water partition coefficient (Wildman–Crippen LogP) is 9.67. The van der Waals surface area contributed by atoms with Crippen LogP contribution in [0, 0.1) is 0 Å². The van der Waals surface area contributed by atoms with Gasteiger partial charge in [0.05, 0.1) is 0 Å². The number of aliphatic imine (C=N–C) groups is 2. The van der Waals surface area contributed by atoms with Crippen LogP contribution in [-0.4, -0.2) is 26.6 Å². The molecule has 2 heterocycles. The van der Waals surface area contributed by atoms with Crippen LogP contribution < -0.4 is 5.32 Å². The van der Waals surface area contributed by atoms with Crippen molar-refractivity contribution in [3.8, 4) is 34.2 Å². The van der Waals surface area contributed by atoms with Crippen LogP contribution in [0.5, 0.6) is 0 Å². The van der Waals surface area contributed by atoms with Gasteiger partial charge in [-0.25, -0.2) is 24.9 Å². The minimum atomic E-state index is -0.412. The topological polar surface area (TPSA) is 75.4 Å². The fourth-order valence-corrected chi connectivity index (χ4v) is 6.64. The van der Waals surface area contributed by atoms with Crippen molar-refractivity contribution in [2.45, 2.75) is 6.17 Å². The molecule has 6 nitrogen and oxygen atoms in total. The van der Waals surface area contributed by atoms with Gasteiger partial charge in [-0.05, 0) is 27.1 Å². The first-order chi connectivity index (χ1) is 24.8. The van der Waals surface area contributed by atoms with Crippen LogP contribution >= 0.6 is 0 Å². The van der Waals surface area contributed by atoms with Crippen molar-refractivity contribution in [1.29, 1.82) is 0 Å². The van der Waals surface area contributed by atoms with Crippen molar-refractivity contribution < 1.29 is 0 Å². The van der Waals surface area contributed by atoms with Gasteiger partial charge in [0.1, 0.15) is 11.7 Å². The molecule has 1 N–H and O–H groups in total. The van der Waals surface area contributed by atoms with E-state index in [1.807, 2.05) is 97.1 Å². The Balaban J connectivity index is 1.31. The van der Waals surface area contributed by atoms with Crippen molar-refractivity contribution in [2.24, 2.45) is 9.98 Å². The van der Waals surface area contributed by atoms with Crippen LogP contribution in [0.15, 0.2) is 180 Å². The molecule has 0 saturated heterocycles. The highest BCUT2D eigenvalue weighted by Crippen LogP contribution is 2.40. The molecule has 236 valence electrons. The predicted molar refractivity (Wildman–Crippen MR) is 203 cm³/mol. The van der Waals surface area contributed by atoms with Gasteiger partial charge in [-0.3, -0.25) is 0 Å². The Morgan fingerprint density at radius 2 is 0.720 bits per heavy atom. The second-order valence-electron chi connectivity index (χ2n) is 12.1. The summed E-state index contributed by atoms with van der Waals surface area (Å²) in [6, 6.07) is 57.6. The Bertz CT molecular complexity index is 2430. The maximum absolute atomic E-state index is 5.29. The number of benzene rings is 7. The summed E-state index contributed by atoms with van der Waals surface area (Å²) in [6.07, 6.45) is -0.412. The molecule has 0 fully saturated rings. The average molecular weight is 643 g/mol. The molecule has 0 amide bonds. The van der Waals surface area contributed by atoms with Crippen LogP contribution in [0.4, 0.5) is 0 Å². The third-order valence-corrected chi connectivity index (χ3v) is 8.98. The van der Waals surface area contributed by atoms with Crippen LogP contribution in [0.2, 0.25) is 0 Å². The lowest BCUT2D eigenvalue weighted by Crippen LogP contribution is -2.36. The van der Waals surface area contributed by atoms with Crippen LogP contribution in [0.1, 0.15) is 22.9 Å². The van der Waals surface area contributed by atoms with Crippen LogP contribution in [-0.2, 0) is 0 Å². The van der Waals surface area contributed by atoms with Gasteiger partial charge >= 0.3 is 0 Å². The fraction of sp³-hybridized carbons (Fsp3) is 0.0227. The summed E-state index contributed by atoms with van der Waals surface area (Å²) < 4.78 is 0. The zero-order valence-corrected chi connectivity index (χ0v) is 27.0. The van der Waals surface area contributed by atoms with E-state index in [2.05, 4.69) is 78.1 Å². The highest BCUT2D eigenvalue weighted by molar-refractivity contribution is 6.28. The van der Waals surface area contributed by atoms with Crippen molar-refractivity contribution in [2.75, 3.05) is 0 Å². The van der Waals surface area contributed by atoms with E-state index in [-0.39, 0.29) is 0 Å². The molecule has 0 bridgehead atoms. The third-order valence-electron chi connectivity index (χ3n) is 8.98. The summed E-state index contributed by atoms with van der Waals surface area (Å²) in [5.74, 6) is 3.40. The Morgan fingerprint density at radius 3 is 1.22 bits per heavy atom. The number of fused-ring (bicyclic) bond motifs is 2. The standard InChI is InChI=1S/C44H30N6/c1-5-17-29(18-6-1)39-45-40(30-19-7-2-8-20-30)48-43(47-39)37-33-25-13-15-27-35(33)38(36-28-16-14-26-34(36)37)44-49-41(31-21-9-3-10-22-31)46-42(50-44)32-23-11-4-12-24-32/h1-28,39H,(H,45,47,48). The molecular formula is C44H30N6. The van der Waals surface area contributed by atoms with E-state index >= 15 is 0 Å². The first kappa shape index (κ1) is 29.4. The van der Waals surface area contributed by atoms with Gasteiger partial charge in [0.15, 0.2) is 23.6 Å². The van der Waals surface area contributed by atoms with Gasteiger partial charge in [0.2, 0.25) is 0 Å². The molecule has 6 heteroatoms. The normalized spacial score (nSPS) is 14.2. The van der Waals surface area contributed by atoms with Crippen molar-refractivity contribution in [3.63, 3.8) is 0 Å². The quantitative estimate of drug-likeness (QED) is 0.183. The number of aromatic nitrogens is 3. The summed E-state index contributed by atoms with van der Waals surface area (Å²) in [6.45, 7) is 0. The Hall–Kier alpha value is -6.79. The summed E-state index contributed by atoms with van der Waals surface area (Å²) in [5.41, 5.74) is 5.84. The molecule has 0 spiro atoms. The van der Waals surface area contributed by atoms with Crippen LogP contribution in [0.25, 0.3) is 55.7 Å². The van der Waals surface area contributed by atoms with Gasteiger partial charge < -0.3 is 5.32 Å².